The molecule has 2 N–H and O–H groups in total. The minimum Gasteiger partial charge on any atom is -0.480 e. The molecule has 4 nitrogen and oxygen atoms in total. The minimum absolute atomic E-state index is 0.226. The number of rotatable bonds is 5. The van der Waals surface area contributed by atoms with E-state index in [2.05, 4.69) is 12.2 Å². The van der Waals surface area contributed by atoms with Crippen molar-refractivity contribution in [1.82, 2.24) is 5.32 Å². The van der Waals surface area contributed by atoms with Gasteiger partial charge in [0.05, 0.1) is 5.56 Å². The van der Waals surface area contributed by atoms with E-state index in [4.69, 9.17) is 0 Å². The van der Waals surface area contributed by atoms with Crippen molar-refractivity contribution < 1.29 is 14.7 Å². The van der Waals surface area contributed by atoms with Gasteiger partial charge in [0.15, 0.2) is 0 Å². The van der Waals surface area contributed by atoms with Gasteiger partial charge in [0.25, 0.3) is 5.91 Å². The molecule has 1 aliphatic rings. The first kappa shape index (κ1) is 16.0. The van der Waals surface area contributed by atoms with Crippen LogP contribution in [0.5, 0.6) is 0 Å². The summed E-state index contributed by atoms with van der Waals surface area (Å²) in [6, 6.07) is -0.810. The van der Waals surface area contributed by atoms with Crippen LogP contribution in [0.1, 0.15) is 54.4 Å². The largest absolute Gasteiger partial charge is 0.480 e. The number of hydrogen-bond donors (Lipinski definition) is 2. The van der Waals surface area contributed by atoms with Crippen LogP contribution in [0.4, 0.5) is 0 Å². The van der Waals surface area contributed by atoms with Crippen LogP contribution in [0, 0.1) is 11.8 Å². The third-order valence-corrected chi connectivity index (χ3v) is 5.01. The first-order valence-corrected chi connectivity index (χ1v) is 8.39. The topological polar surface area (TPSA) is 66.4 Å². The van der Waals surface area contributed by atoms with Crippen molar-refractivity contribution in [3.63, 3.8) is 0 Å². The third kappa shape index (κ3) is 3.84. The van der Waals surface area contributed by atoms with E-state index in [1.165, 1.54) is 4.88 Å². The third-order valence-electron chi connectivity index (χ3n) is 3.96. The number of carbonyl (C=O) groups is 2. The molecule has 1 aromatic rings. The van der Waals surface area contributed by atoms with Crippen LogP contribution in [0.3, 0.4) is 0 Å². The van der Waals surface area contributed by atoms with Crippen LogP contribution in [0.2, 0.25) is 0 Å². The smallest absolute Gasteiger partial charge is 0.326 e. The van der Waals surface area contributed by atoms with Gasteiger partial charge >= 0.3 is 5.97 Å². The molecule has 1 aromatic heterocycles. The number of carboxylic acids is 1. The van der Waals surface area contributed by atoms with Gasteiger partial charge in [-0.15, -0.1) is 11.3 Å². The number of carboxylic acid groups (broad SMARTS) is 1. The molecule has 5 heteroatoms. The number of thiophene rings is 1. The Balaban J connectivity index is 2.11. The van der Waals surface area contributed by atoms with E-state index in [1.807, 2.05) is 19.2 Å². The summed E-state index contributed by atoms with van der Waals surface area (Å²) in [7, 11) is 0. The molecule has 0 bridgehead atoms. The molecule has 1 heterocycles. The molecule has 0 saturated carbocycles. The summed E-state index contributed by atoms with van der Waals surface area (Å²) in [6.07, 6.45) is 3.50. The molecule has 1 aliphatic carbocycles. The predicted octanol–water partition coefficient (Wildman–Crippen LogP) is 3.10. The highest BCUT2D eigenvalue weighted by Crippen LogP contribution is 2.32. The van der Waals surface area contributed by atoms with Crippen LogP contribution in [-0.4, -0.2) is 23.0 Å². The Morgan fingerprint density at radius 1 is 1.48 bits per heavy atom. The van der Waals surface area contributed by atoms with Crippen molar-refractivity contribution in [3.05, 3.63) is 21.4 Å². The first-order chi connectivity index (χ1) is 9.88. The van der Waals surface area contributed by atoms with Gasteiger partial charge in [0, 0.05) is 10.3 Å². The zero-order valence-corrected chi connectivity index (χ0v) is 13.6. The first-order valence-electron chi connectivity index (χ1n) is 7.51. The standard InChI is InChI=1S/C16H23NO3S/c1-9(2)6-13(16(19)20)17-15(18)12-8-21-14-7-10(3)4-5-11(12)14/h8-10,13H,4-7H2,1-3H3,(H,17,18)(H,19,20)/t10-,13-/m0/s1. The Kier molecular flexibility index (Phi) is 5.04. The quantitative estimate of drug-likeness (QED) is 0.878. The fraction of sp³-hybridized carbons (Fsp3) is 0.625. The average Bonchev–Trinajstić information content (AvgIpc) is 2.80. The molecule has 21 heavy (non-hydrogen) atoms. The van der Waals surface area contributed by atoms with Gasteiger partial charge in [-0.05, 0) is 43.1 Å². The van der Waals surface area contributed by atoms with Crippen LogP contribution in [-0.2, 0) is 17.6 Å². The van der Waals surface area contributed by atoms with Gasteiger partial charge in [0.2, 0.25) is 0 Å². The normalized spacial score (nSPS) is 19.1. The molecular weight excluding hydrogens is 286 g/mol. The van der Waals surface area contributed by atoms with Crippen LogP contribution >= 0.6 is 11.3 Å². The molecule has 2 rings (SSSR count). The van der Waals surface area contributed by atoms with Crippen molar-refractivity contribution in [2.45, 2.75) is 52.5 Å². The fourth-order valence-electron chi connectivity index (χ4n) is 2.80. The maximum atomic E-state index is 12.4. The minimum atomic E-state index is -0.963. The zero-order chi connectivity index (χ0) is 15.6. The van der Waals surface area contributed by atoms with Gasteiger partial charge < -0.3 is 10.4 Å². The van der Waals surface area contributed by atoms with E-state index in [-0.39, 0.29) is 11.8 Å². The number of hydrogen-bond acceptors (Lipinski definition) is 3. The molecule has 2 atom stereocenters. The lowest BCUT2D eigenvalue weighted by molar-refractivity contribution is -0.139. The molecule has 1 amide bonds. The molecular formula is C16H23NO3S. The van der Waals surface area contributed by atoms with Gasteiger partial charge in [-0.25, -0.2) is 4.79 Å². The van der Waals surface area contributed by atoms with Gasteiger partial charge in [-0.2, -0.15) is 0 Å². The van der Waals surface area contributed by atoms with Gasteiger partial charge in [0.1, 0.15) is 6.04 Å². The van der Waals surface area contributed by atoms with E-state index in [0.717, 1.165) is 24.8 Å². The molecule has 0 fully saturated rings. The molecule has 116 valence electrons. The van der Waals surface area contributed by atoms with Crippen molar-refractivity contribution in [2.24, 2.45) is 11.8 Å². The van der Waals surface area contributed by atoms with Gasteiger partial charge in [-0.1, -0.05) is 20.8 Å². The molecule has 0 aromatic carbocycles. The highest BCUT2D eigenvalue weighted by Gasteiger charge is 2.26. The molecule has 0 aliphatic heterocycles. The van der Waals surface area contributed by atoms with Crippen molar-refractivity contribution in [2.75, 3.05) is 0 Å². The van der Waals surface area contributed by atoms with Crippen LogP contribution in [0.15, 0.2) is 5.38 Å². The lowest BCUT2D eigenvalue weighted by Gasteiger charge is -2.20. The summed E-state index contributed by atoms with van der Waals surface area (Å²) >= 11 is 1.63. The number of nitrogens with one attached hydrogen (secondary N) is 1. The Morgan fingerprint density at radius 3 is 2.81 bits per heavy atom. The van der Waals surface area contributed by atoms with E-state index >= 15 is 0 Å². The summed E-state index contributed by atoms with van der Waals surface area (Å²) in [4.78, 5) is 24.9. The van der Waals surface area contributed by atoms with E-state index in [1.54, 1.807) is 11.3 Å². The number of fused-ring (bicyclic) bond motifs is 1. The highest BCUT2D eigenvalue weighted by atomic mass is 32.1. The molecule has 0 unspecified atom stereocenters. The molecule has 0 spiro atoms. The second-order valence-electron chi connectivity index (χ2n) is 6.39. The summed E-state index contributed by atoms with van der Waals surface area (Å²) in [5, 5.41) is 13.8. The van der Waals surface area contributed by atoms with Crippen LogP contribution in [0.25, 0.3) is 0 Å². The summed E-state index contributed by atoms with van der Waals surface area (Å²) in [5.41, 5.74) is 1.81. The maximum Gasteiger partial charge on any atom is 0.326 e. The summed E-state index contributed by atoms with van der Waals surface area (Å²) in [5.74, 6) is -0.312. The Hall–Kier alpha value is -1.36. The van der Waals surface area contributed by atoms with E-state index < -0.39 is 12.0 Å². The Labute approximate surface area is 129 Å². The van der Waals surface area contributed by atoms with E-state index in [9.17, 15) is 14.7 Å². The Morgan fingerprint density at radius 2 is 2.19 bits per heavy atom. The highest BCUT2D eigenvalue weighted by molar-refractivity contribution is 7.10. The molecule has 0 radical (unpaired) electrons. The Bertz CT molecular complexity index is 536. The summed E-state index contributed by atoms with van der Waals surface area (Å²) < 4.78 is 0. The van der Waals surface area contributed by atoms with Crippen molar-refractivity contribution >= 4 is 23.2 Å². The average molecular weight is 309 g/mol. The zero-order valence-electron chi connectivity index (χ0n) is 12.8. The predicted molar refractivity (Wildman–Crippen MR) is 83.9 cm³/mol. The number of aliphatic carboxylic acids is 1. The number of carbonyl (C=O) groups excluding carboxylic acids is 1. The summed E-state index contributed by atoms with van der Waals surface area (Å²) in [6.45, 7) is 6.14. The van der Waals surface area contributed by atoms with E-state index in [0.29, 0.717) is 17.9 Å². The lowest BCUT2D eigenvalue weighted by Crippen LogP contribution is -2.41. The van der Waals surface area contributed by atoms with Crippen molar-refractivity contribution in [3.8, 4) is 0 Å². The number of amides is 1. The van der Waals surface area contributed by atoms with Gasteiger partial charge in [-0.3, -0.25) is 4.79 Å². The second kappa shape index (κ2) is 6.60. The van der Waals surface area contributed by atoms with Crippen LogP contribution < -0.4 is 5.32 Å². The maximum absolute atomic E-state index is 12.4. The monoisotopic (exact) mass is 309 g/mol. The SMILES string of the molecule is CC(C)C[C@H](NC(=O)c1csc2c1CC[C@H](C)C2)C(=O)O. The molecule has 0 saturated heterocycles. The second-order valence-corrected chi connectivity index (χ2v) is 7.36. The van der Waals surface area contributed by atoms with Crippen molar-refractivity contribution in [1.29, 1.82) is 0 Å². The fourth-order valence-corrected chi connectivity index (χ4v) is 4.04. The lowest BCUT2D eigenvalue weighted by atomic mass is 9.88.